The van der Waals surface area contributed by atoms with Crippen LogP contribution < -0.4 is 5.32 Å². The van der Waals surface area contributed by atoms with Crippen LogP contribution in [0.2, 0.25) is 0 Å². The standard InChI is InChI=1S/C14H27N3O/c1-5-9-16(10-6-2)13(18)14(3,4)17-11-7-15-8-12-17/h5,15H,1,6-12H2,2-4H3. The molecule has 0 radical (unpaired) electrons. The Hall–Kier alpha value is -0.870. The second-order valence-electron chi connectivity index (χ2n) is 5.34. The molecule has 104 valence electrons. The van der Waals surface area contributed by atoms with Crippen molar-refractivity contribution in [2.75, 3.05) is 39.3 Å². The van der Waals surface area contributed by atoms with Crippen LogP contribution in [0.1, 0.15) is 27.2 Å². The van der Waals surface area contributed by atoms with E-state index in [0.29, 0.717) is 6.54 Å². The second kappa shape index (κ2) is 6.90. The zero-order chi connectivity index (χ0) is 13.6. The molecule has 1 aliphatic rings. The third-order valence-corrected chi connectivity index (χ3v) is 3.56. The first-order valence-corrected chi connectivity index (χ1v) is 6.90. The Morgan fingerprint density at radius 2 is 2.06 bits per heavy atom. The molecule has 18 heavy (non-hydrogen) atoms. The van der Waals surface area contributed by atoms with Gasteiger partial charge in [-0.05, 0) is 20.3 Å². The van der Waals surface area contributed by atoms with Crippen molar-refractivity contribution in [1.82, 2.24) is 15.1 Å². The predicted molar refractivity (Wildman–Crippen MR) is 75.6 cm³/mol. The summed E-state index contributed by atoms with van der Waals surface area (Å²) >= 11 is 0. The third kappa shape index (κ3) is 3.56. The van der Waals surface area contributed by atoms with E-state index < -0.39 is 5.54 Å². The maximum atomic E-state index is 12.7. The normalized spacial score (nSPS) is 17.5. The van der Waals surface area contributed by atoms with Gasteiger partial charge in [-0.15, -0.1) is 6.58 Å². The van der Waals surface area contributed by atoms with Crippen molar-refractivity contribution >= 4 is 5.91 Å². The molecule has 0 unspecified atom stereocenters. The zero-order valence-corrected chi connectivity index (χ0v) is 12.0. The van der Waals surface area contributed by atoms with Crippen molar-refractivity contribution in [2.24, 2.45) is 0 Å². The van der Waals surface area contributed by atoms with Crippen LogP contribution in [0.4, 0.5) is 0 Å². The first kappa shape index (κ1) is 15.2. The molecule has 1 fully saturated rings. The number of hydrogen-bond donors (Lipinski definition) is 1. The summed E-state index contributed by atoms with van der Waals surface area (Å²) in [5.74, 6) is 0.214. The maximum Gasteiger partial charge on any atom is 0.242 e. The Morgan fingerprint density at radius 3 is 2.56 bits per heavy atom. The lowest BCUT2D eigenvalue weighted by molar-refractivity contribution is -0.142. The predicted octanol–water partition coefficient (Wildman–Crippen LogP) is 1.09. The Bertz CT molecular complexity index is 283. The van der Waals surface area contributed by atoms with E-state index in [9.17, 15) is 4.79 Å². The van der Waals surface area contributed by atoms with Gasteiger partial charge in [0.2, 0.25) is 5.91 Å². The van der Waals surface area contributed by atoms with Crippen molar-refractivity contribution in [3.8, 4) is 0 Å². The van der Waals surface area contributed by atoms with Crippen molar-refractivity contribution in [1.29, 1.82) is 0 Å². The van der Waals surface area contributed by atoms with Crippen molar-refractivity contribution < 1.29 is 4.79 Å². The Morgan fingerprint density at radius 1 is 1.44 bits per heavy atom. The van der Waals surface area contributed by atoms with Crippen LogP contribution >= 0.6 is 0 Å². The number of piperazine rings is 1. The molecule has 0 aromatic heterocycles. The minimum atomic E-state index is -0.416. The van der Waals surface area contributed by atoms with E-state index in [0.717, 1.165) is 39.1 Å². The van der Waals surface area contributed by atoms with Gasteiger partial charge in [0.15, 0.2) is 0 Å². The SMILES string of the molecule is C=CCN(CCC)C(=O)C(C)(C)N1CCNCC1. The van der Waals surface area contributed by atoms with Gasteiger partial charge in [0.25, 0.3) is 0 Å². The molecule has 1 amide bonds. The highest BCUT2D eigenvalue weighted by Crippen LogP contribution is 2.18. The number of amides is 1. The number of carbonyl (C=O) groups is 1. The maximum absolute atomic E-state index is 12.7. The number of carbonyl (C=O) groups excluding carboxylic acids is 1. The van der Waals surface area contributed by atoms with Gasteiger partial charge < -0.3 is 10.2 Å². The fourth-order valence-electron chi connectivity index (χ4n) is 2.45. The van der Waals surface area contributed by atoms with Gasteiger partial charge in [-0.3, -0.25) is 9.69 Å². The topological polar surface area (TPSA) is 35.6 Å². The molecule has 1 heterocycles. The summed E-state index contributed by atoms with van der Waals surface area (Å²) < 4.78 is 0. The van der Waals surface area contributed by atoms with Crippen molar-refractivity contribution in [3.63, 3.8) is 0 Å². The molecular formula is C14H27N3O. The average molecular weight is 253 g/mol. The minimum Gasteiger partial charge on any atom is -0.337 e. The fourth-order valence-corrected chi connectivity index (χ4v) is 2.45. The number of nitrogens with one attached hydrogen (secondary N) is 1. The molecule has 0 aromatic rings. The van der Waals surface area contributed by atoms with Crippen LogP contribution in [0.25, 0.3) is 0 Å². The minimum absolute atomic E-state index is 0.214. The van der Waals surface area contributed by atoms with Gasteiger partial charge in [0.05, 0.1) is 5.54 Å². The van der Waals surface area contributed by atoms with Crippen molar-refractivity contribution in [2.45, 2.75) is 32.7 Å². The molecule has 0 spiro atoms. The quantitative estimate of drug-likeness (QED) is 0.720. The lowest BCUT2D eigenvalue weighted by atomic mass is 9.99. The molecule has 0 atom stereocenters. The van der Waals surface area contributed by atoms with E-state index >= 15 is 0 Å². The van der Waals surface area contributed by atoms with E-state index in [-0.39, 0.29) is 5.91 Å². The zero-order valence-electron chi connectivity index (χ0n) is 12.0. The van der Waals surface area contributed by atoms with E-state index in [1.165, 1.54) is 0 Å². The van der Waals surface area contributed by atoms with Crippen LogP contribution in [0.5, 0.6) is 0 Å². The molecule has 1 saturated heterocycles. The second-order valence-corrected chi connectivity index (χ2v) is 5.34. The molecule has 0 aromatic carbocycles. The Kier molecular flexibility index (Phi) is 5.82. The molecule has 0 bridgehead atoms. The summed E-state index contributed by atoms with van der Waals surface area (Å²) in [5, 5.41) is 3.32. The highest BCUT2D eigenvalue weighted by Gasteiger charge is 2.37. The number of hydrogen-bond acceptors (Lipinski definition) is 3. The van der Waals surface area contributed by atoms with Crippen LogP contribution in [0.15, 0.2) is 12.7 Å². The molecule has 4 heteroatoms. The van der Waals surface area contributed by atoms with Crippen molar-refractivity contribution in [3.05, 3.63) is 12.7 Å². The monoisotopic (exact) mass is 253 g/mol. The summed E-state index contributed by atoms with van der Waals surface area (Å²) in [6.45, 7) is 15.2. The first-order chi connectivity index (χ1) is 8.54. The van der Waals surface area contributed by atoms with Crippen LogP contribution in [0.3, 0.4) is 0 Å². The number of nitrogens with zero attached hydrogens (tertiary/aromatic N) is 2. The third-order valence-electron chi connectivity index (χ3n) is 3.56. The Labute approximate surface area is 111 Å². The molecule has 1 aliphatic heterocycles. The largest absolute Gasteiger partial charge is 0.337 e. The summed E-state index contributed by atoms with van der Waals surface area (Å²) in [4.78, 5) is 16.8. The summed E-state index contributed by atoms with van der Waals surface area (Å²) in [5.41, 5.74) is -0.416. The summed E-state index contributed by atoms with van der Waals surface area (Å²) in [7, 11) is 0. The van der Waals surface area contributed by atoms with Gasteiger partial charge in [0.1, 0.15) is 0 Å². The molecule has 1 rings (SSSR count). The lowest BCUT2D eigenvalue weighted by Gasteiger charge is -2.42. The molecule has 0 aliphatic carbocycles. The summed E-state index contributed by atoms with van der Waals surface area (Å²) in [6, 6.07) is 0. The molecular weight excluding hydrogens is 226 g/mol. The van der Waals surface area contributed by atoms with Gasteiger partial charge in [-0.1, -0.05) is 13.0 Å². The van der Waals surface area contributed by atoms with E-state index in [1.54, 1.807) is 6.08 Å². The summed E-state index contributed by atoms with van der Waals surface area (Å²) in [6.07, 6.45) is 2.79. The van der Waals surface area contributed by atoms with Crippen LogP contribution in [-0.4, -0.2) is 60.5 Å². The van der Waals surface area contributed by atoms with E-state index in [4.69, 9.17) is 0 Å². The fraction of sp³-hybridized carbons (Fsp3) is 0.786. The molecule has 4 nitrogen and oxygen atoms in total. The Balaban J connectivity index is 2.73. The van der Waals surface area contributed by atoms with E-state index in [1.807, 2.05) is 18.7 Å². The van der Waals surface area contributed by atoms with Gasteiger partial charge in [-0.25, -0.2) is 0 Å². The number of rotatable bonds is 6. The average Bonchev–Trinajstić information content (AvgIpc) is 2.38. The highest BCUT2D eigenvalue weighted by molar-refractivity contribution is 5.85. The molecule has 0 saturated carbocycles. The van der Waals surface area contributed by atoms with Crippen LogP contribution in [-0.2, 0) is 4.79 Å². The highest BCUT2D eigenvalue weighted by atomic mass is 16.2. The van der Waals surface area contributed by atoms with E-state index in [2.05, 4.69) is 23.7 Å². The van der Waals surface area contributed by atoms with Crippen LogP contribution in [0, 0.1) is 0 Å². The smallest absolute Gasteiger partial charge is 0.242 e. The van der Waals surface area contributed by atoms with Gasteiger partial charge in [0, 0.05) is 39.3 Å². The first-order valence-electron chi connectivity index (χ1n) is 6.90. The van der Waals surface area contributed by atoms with Gasteiger partial charge in [-0.2, -0.15) is 0 Å². The lowest BCUT2D eigenvalue weighted by Crippen LogP contribution is -2.60. The van der Waals surface area contributed by atoms with Gasteiger partial charge >= 0.3 is 0 Å². The molecule has 1 N–H and O–H groups in total.